The predicted molar refractivity (Wildman–Crippen MR) is 97.3 cm³/mol. The number of unbranched alkanes of at least 4 members (excludes halogenated alkanes) is 2. The zero-order chi connectivity index (χ0) is 17.2. The van der Waals surface area contributed by atoms with E-state index in [-0.39, 0.29) is 11.7 Å². The van der Waals surface area contributed by atoms with Gasteiger partial charge in [0.25, 0.3) is 0 Å². The molecule has 0 bridgehead atoms. The van der Waals surface area contributed by atoms with Gasteiger partial charge in [0, 0.05) is 13.0 Å². The molecule has 0 radical (unpaired) electrons. The Bertz CT molecular complexity index is 575. The minimum atomic E-state index is 0.0732. The summed E-state index contributed by atoms with van der Waals surface area (Å²) in [4.78, 5) is 11.3. The van der Waals surface area contributed by atoms with Crippen molar-refractivity contribution in [1.82, 2.24) is 0 Å². The van der Waals surface area contributed by atoms with Crippen molar-refractivity contribution >= 4 is 17.4 Å². The van der Waals surface area contributed by atoms with Crippen LogP contribution < -0.4 is 4.74 Å². The number of Topliss-reactive ketones (excluding diaryl/α,β-unsaturated/α-hetero) is 1. The molecule has 0 unspecified atom stereocenters. The fourth-order valence-corrected chi connectivity index (χ4v) is 2.87. The molecule has 4 heteroatoms. The molecule has 130 valence electrons. The van der Waals surface area contributed by atoms with E-state index in [0.29, 0.717) is 18.1 Å². The number of benzene rings is 1. The highest BCUT2D eigenvalue weighted by atomic mass is 35.5. The summed E-state index contributed by atoms with van der Waals surface area (Å²) in [5.74, 6) is 1.23. The van der Waals surface area contributed by atoms with E-state index in [9.17, 15) is 4.79 Å². The second-order valence-electron chi connectivity index (χ2n) is 6.01. The molecule has 0 N–H and O–H groups in total. The Morgan fingerprint density at radius 2 is 2.00 bits per heavy atom. The summed E-state index contributed by atoms with van der Waals surface area (Å²) in [6.45, 7) is 1.41. The van der Waals surface area contributed by atoms with Crippen LogP contribution in [0.15, 0.2) is 47.5 Å². The average molecular weight is 349 g/mol. The topological polar surface area (TPSA) is 35.5 Å². The van der Waals surface area contributed by atoms with Crippen molar-refractivity contribution in [3.63, 3.8) is 0 Å². The molecule has 0 spiro atoms. The van der Waals surface area contributed by atoms with Gasteiger partial charge in [0.15, 0.2) is 5.78 Å². The number of allylic oxidation sites excluding steroid dienone is 4. The van der Waals surface area contributed by atoms with Gasteiger partial charge in [-0.2, -0.15) is 0 Å². The molecule has 0 aromatic heterocycles. The third kappa shape index (κ3) is 6.50. The summed E-state index contributed by atoms with van der Waals surface area (Å²) >= 11 is 5.80. The molecule has 1 atom stereocenters. The lowest BCUT2D eigenvalue weighted by atomic mass is 10.0. The highest BCUT2D eigenvalue weighted by molar-refractivity contribution is 6.43. The van der Waals surface area contributed by atoms with Crippen molar-refractivity contribution < 1.29 is 14.3 Å². The Balaban J connectivity index is 1.48. The van der Waals surface area contributed by atoms with Gasteiger partial charge >= 0.3 is 0 Å². The standard InChI is InChI=1S/C20H25ClO3/c1-23-18-10-8-16(9-11-18)15-24-12-6-4-2-3-5-7-17-13-19(21)20(22)14-17/h3,5,8-11,13,17H,2,4,6-7,12,14-15H2,1H3/b5-3-/t17-/m0/s1. The fraction of sp³-hybridized carbons (Fsp3) is 0.450. The Hall–Kier alpha value is -1.58. The van der Waals surface area contributed by atoms with E-state index < -0.39 is 0 Å². The van der Waals surface area contributed by atoms with Gasteiger partial charge in [0.2, 0.25) is 0 Å². The first-order valence-corrected chi connectivity index (χ1v) is 8.83. The number of carbonyl (C=O) groups is 1. The van der Waals surface area contributed by atoms with Crippen molar-refractivity contribution in [2.24, 2.45) is 5.92 Å². The third-order valence-corrected chi connectivity index (χ3v) is 4.38. The third-order valence-electron chi connectivity index (χ3n) is 4.04. The molecule has 3 nitrogen and oxygen atoms in total. The molecule has 1 aliphatic rings. The van der Waals surface area contributed by atoms with Crippen LogP contribution in [0.3, 0.4) is 0 Å². The minimum absolute atomic E-state index is 0.0732. The normalized spacial score (nSPS) is 17.5. The monoisotopic (exact) mass is 348 g/mol. The number of halogens is 1. The number of methoxy groups -OCH3 is 1. The largest absolute Gasteiger partial charge is 0.497 e. The molecular weight excluding hydrogens is 324 g/mol. The Morgan fingerprint density at radius 1 is 1.21 bits per heavy atom. The number of carbonyl (C=O) groups excluding carboxylic acids is 1. The number of hydrogen-bond donors (Lipinski definition) is 0. The maximum atomic E-state index is 11.3. The molecule has 0 amide bonds. The van der Waals surface area contributed by atoms with E-state index in [1.807, 2.05) is 30.3 Å². The van der Waals surface area contributed by atoms with E-state index in [0.717, 1.165) is 43.6 Å². The highest BCUT2D eigenvalue weighted by Crippen LogP contribution is 2.26. The summed E-state index contributed by atoms with van der Waals surface area (Å²) in [6, 6.07) is 7.94. The lowest BCUT2D eigenvalue weighted by Gasteiger charge is -2.05. The van der Waals surface area contributed by atoms with E-state index in [1.165, 1.54) is 0 Å². The Labute approximate surface area is 149 Å². The van der Waals surface area contributed by atoms with E-state index in [1.54, 1.807) is 7.11 Å². The van der Waals surface area contributed by atoms with Gasteiger partial charge in [-0.15, -0.1) is 0 Å². The van der Waals surface area contributed by atoms with E-state index in [2.05, 4.69) is 12.2 Å². The van der Waals surface area contributed by atoms with Gasteiger partial charge < -0.3 is 9.47 Å². The average Bonchev–Trinajstić information content (AvgIpc) is 2.92. The zero-order valence-corrected chi connectivity index (χ0v) is 14.9. The molecule has 2 rings (SSSR count). The van der Waals surface area contributed by atoms with Crippen LogP contribution in [-0.4, -0.2) is 19.5 Å². The number of rotatable bonds is 10. The maximum absolute atomic E-state index is 11.3. The number of ether oxygens (including phenoxy) is 2. The maximum Gasteiger partial charge on any atom is 0.174 e. The van der Waals surface area contributed by atoms with Crippen molar-refractivity contribution in [1.29, 1.82) is 0 Å². The van der Waals surface area contributed by atoms with Crippen molar-refractivity contribution in [3.05, 3.63) is 53.1 Å². The second-order valence-corrected chi connectivity index (χ2v) is 6.41. The van der Waals surface area contributed by atoms with Gasteiger partial charge in [-0.25, -0.2) is 0 Å². The van der Waals surface area contributed by atoms with Crippen LogP contribution in [0.4, 0.5) is 0 Å². The molecule has 1 aromatic rings. The zero-order valence-electron chi connectivity index (χ0n) is 14.2. The summed E-state index contributed by atoms with van der Waals surface area (Å²) in [5.41, 5.74) is 1.16. The Morgan fingerprint density at radius 3 is 2.67 bits per heavy atom. The van der Waals surface area contributed by atoms with Crippen molar-refractivity contribution in [2.45, 2.75) is 38.7 Å². The smallest absolute Gasteiger partial charge is 0.174 e. The molecule has 0 fully saturated rings. The summed E-state index contributed by atoms with van der Waals surface area (Å²) in [5, 5.41) is 0.405. The highest BCUT2D eigenvalue weighted by Gasteiger charge is 2.21. The van der Waals surface area contributed by atoms with Crippen LogP contribution in [0, 0.1) is 5.92 Å². The summed E-state index contributed by atoms with van der Waals surface area (Å²) in [7, 11) is 1.67. The van der Waals surface area contributed by atoms with Gasteiger partial charge in [-0.3, -0.25) is 4.79 Å². The fourth-order valence-electron chi connectivity index (χ4n) is 2.61. The van der Waals surface area contributed by atoms with Gasteiger partial charge in [-0.05, 0) is 49.3 Å². The molecule has 0 saturated heterocycles. The molecule has 1 aliphatic carbocycles. The van der Waals surface area contributed by atoms with Crippen molar-refractivity contribution in [3.8, 4) is 5.75 Å². The van der Waals surface area contributed by atoms with Crippen LogP contribution in [0.25, 0.3) is 0 Å². The molecule has 0 heterocycles. The van der Waals surface area contributed by atoms with Crippen LogP contribution in [0.1, 0.15) is 37.7 Å². The van der Waals surface area contributed by atoms with Gasteiger partial charge in [0.05, 0.1) is 18.7 Å². The minimum Gasteiger partial charge on any atom is -0.497 e. The quantitative estimate of drug-likeness (QED) is 0.439. The first-order chi connectivity index (χ1) is 11.7. The molecule has 24 heavy (non-hydrogen) atoms. The summed E-state index contributed by atoms with van der Waals surface area (Å²) < 4.78 is 10.8. The van der Waals surface area contributed by atoms with Gasteiger partial charge in [-0.1, -0.05) is 42.0 Å². The SMILES string of the molecule is COc1ccc(COCCCC/C=C\C[C@H]2C=C(Cl)C(=O)C2)cc1. The molecule has 0 saturated carbocycles. The second kappa shape index (κ2) is 10.3. The summed E-state index contributed by atoms with van der Waals surface area (Å²) in [6.07, 6.45) is 10.9. The van der Waals surface area contributed by atoms with Crippen LogP contribution >= 0.6 is 11.6 Å². The molecule has 0 aliphatic heterocycles. The van der Waals surface area contributed by atoms with Gasteiger partial charge in [0.1, 0.15) is 5.75 Å². The molecule has 1 aromatic carbocycles. The van der Waals surface area contributed by atoms with E-state index >= 15 is 0 Å². The van der Waals surface area contributed by atoms with E-state index in [4.69, 9.17) is 21.1 Å². The molecular formula is C20H25ClO3. The van der Waals surface area contributed by atoms with Crippen LogP contribution in [0.2, 0.25) is 0 Å². The first-order valence-electron chi connectivity index (χ1n) is 8.45. The number of ketones is 1. The Kier molecular flexibility index (Phi) is 8.06. The lowest BCUT2D eigenvalue weighted by Crippen LogP contribution is -1.96. The predicted octanol–water partition coefficient (Wildman–Crippen LogP) is 5.04. The van der Waals surface area contributed by atoms with Crippen LogP contribution in [0.5, 0.6) is 5.75 Å². The lowest BCUT2D eigenvalue weighted by molar-refractivity contribution is -0.114. The van der Waals surface area contributed by atoms with Crippen molar-refractivity contribution in [2.75, 3.05) is 13.7 Å². The van der Waals surface area contributed by atoms with Crippen LogP contribution in [-0.2, 0) is 16.1 Å². The first kappa shape index (κ1) is 18.8. The number of hydrogen-bond acceptors (Lipinski definition) is 3.